The van der Waals surface area contributed by atoms with Gasteiger partial charge in [-0.1, -0.05) is 115 Å². The molecule has 0 amide bonds. The summed E-state index contributed by atoms with van der Waals surface area (Å²) in [7, 11) is 0. The maximum absolute atomic E-state index is 13.0. The summed E-state index contributed by atoms with van der Waals surface area (Å²) in [4.78, 5) is 0. The van der Waals surface area contributed by atoms with Gasteiger partial charge in [-0.2, -0.15) is 0 Å². The quantitative estimate of drug-likeness (QED) is 0.227. The second kappa shape index (κ2) is 11.6. The number of halogens is 1. The molecule has 0 N–H and O–H groups in total. The predicted molar refractivity (Wildman–Crippen MR) is 134 cm³/mol. The number of alkyl halides is 1. The smallest absolute Gasteiger partial charge is 0.115 e. The van der Waals surface area contributed by atoms with Gasteiger partial charge in [0.25, 0.3) is 0 Å². The van der Waals surface area contributed by atoms with Crippen LogP contribution in [-0.2, 0) is 11.4 Å². The molecule has 0 saturated carbocycles. The molecule has 0 aromatic heterocycles. The standard InChI is InChI=1S/C31H31FO/c1-24-14-18-27(19-15-24)30(26-9-4-2-5-10-26)13-8-22-33-31(28-11-6-3-7-12-28)29-20-16-25(23-32)17-21-29/h2-7,9-12,14-21,30-31H,8,13,22-23H2,1H3. The van der Waals surface area contributed by atoms with E-state index in [1.54, 1.807) is 0 Å². The highest BCUT2D eigenvalue weighted by atomic mass is 19.1. The third-order valence-corrected chi connectivity index (χ3v) is 6.14. The first-order valence-corrected chi connectivity index (χ1v) is 11.7. The molecule has 1 nitrogen and oxygen atoms in total. The fourth-order valence-corrected chi connectivity index (χ4v) is 4.29. The lowest BCUT2D eigenvalue weighted by molar-refractivity contribution is 0.0766. The molecule has 33 heavy (non-hydrogen) atoms. The normalized spacial score (nSPS) is 12.9. The zero-order chi connectivity index (χ0) is 22.9. The van der Waals surface area contributed by atoms with Crippen molar-refractivity contribution < 1.29 is 9.13 Å². The summed E-state index contributed by atoms with van der Waals surface area (Å²) in [5, 5.41) is 0. The van der Waals surface area contributed by atoms with E-state index in [0.29, 0.717) is 18.1 Å². The van der Waals surface area contributed by atoms with Crippen molar-refractivity contribution >= 4 is 0 Å². The van der Waals surface area contributed by atoms with Crippen LogP contribution in [0.5, 0.6) is 0 Å². The van der Waals surface area contributed by atoms with Crippen molar-refractivity contribution in [2.45, 2.75) is 38.5 Å². The van der Waals surface area contributed by atoms with Crippen molar-refractivity contribution in [3.8, 4) is 0 Å². The fourth-order valence-electron chi connectivity index (χ4n) is 4.29. The van der Waals surface area contributed by atoms with Crippen LogP contribution in [0.2, 0.25) is 0 Å². The molecular formula is C31H31FO. The van der Waals surface area contributed by atoms with Crippen LogP contribution >= 0.6 is 0 Å². The van der Waals surface area contributed by atoms with Crippen LogP contribution in [0.25, 0.3) is 0 Å². The number of rotatable bonds is 10. The first kappa shape index (κ1) is 22.9. The Morgan fingerprint density at radius 2 is 1.15 bits per heavy atom. The molecule has 0 fully saturated rings. The molecule has 0 radical (unpaired) electrons. The highest BCUT2D eigenvalue weighted by molar-refractivity contribution is 5.34. The second-order valence-electron chi connectivity index (χ2n) is 8.55. The molecule has 2 atom stereocenters. The zero-order valence-corrected chi connectivity index (χ0v) is 19.2. The SMILES string of the molecule is Cc1ccc(C(CCCOC(c2ccccc2)c2ccc(CF)cc2)c2ccccc2)cc1. The molecule has 0 saturated heterocycles. The molecule has 2 heteroatoms. The maximum atomic E-state index is 13.0. The molecular weight excluding hydrogens is 407 g/mol. The van der Waals surface area contributed by atoms with Gasteiger partial charge in [0.15, 0.2) is 0 Å². The minimum absolute atomic E-state index is 0.158. The van der Waals surface area contributed by atoms with E-state index in [0.717, 1.165) is 24.0 Å². The number of aryl methyl sites for hydroxylation is 1. The van der Waals surface area contributed by atoms with Crippen molar-refractivity contribution in [3.05, 3.63) is 143 Å². The topological polar surface area (TPSA) is 9.23 Å². The Balaban J connectivity index is 1.46. The van der Waals surface area contributed by atoms with E-state index >= 15 is 0 Å². The van der Waals surface area contributed by atoms with Gasteiger partial charge in [-0.25, -0.2) is 4.39 Å². The van der Waals surface area contributed by atoms with Gasteiger partial charge in [-0.05, 0) is 47.6 Å². The number of hydrogen-bond acceptors (Lipinski definition) is 1. The summed E-state index contributed by atoms with van der Waals surface area (Å²) in [6.07, 6.45) is 1.80. The highest BCUT2D eigenvalue weighted by Crippen LogP contribution is 2.31. The minimum atomic E-state index is -0.447. The van der Waals surface area contributed by atoms with Gasteiger partial charge in [0, 0.05) is 12.5 Å². The molecule has 4 aromatic carbocycles. The lowest BCUT2D eigenvalue weighted by Gasteiger charge is -2.21. The van der Waals surface area contributed by atoms with E-state index in [9.17, 15) is 4.39 Å². The van der Waals surface area contributed by atoms with E-state index in [1.165, 1.54) is 16.7 Å². The van der Waals surface area contributed by atoms with Crippen molar-refractivity contribution in [1.29, 1.82) is 0 Å². The van der Waals surface area contributed by atoms with Crippen LogP contribution in [-0.4, -0.2) is 6.61 Å². The molecule has 0 spiro atoms. The number of ether oxygens (including phenoxy) is 1. The van der Waals surface area contributed by atoms with Crippen LogP contribution in [0, 0.1) is 6.92 Å². The predicted octanol–water partition coefficient (Wildman–Crippen LogP) is 8.18. The largest absolute Gasteiger partial charge is 0.369 e. The molecule has 0 aliphatic heterocycles. The Morgan fingerprint density at radius 1 is 0.636 bits per heavy atom. The summed E-state index contributed by atoms with van der Waals surface area (Å²) < 4.78 is 19.4. The number of hydrogen-bond donors (Lipinski definition) is 0. The van der Waals surface area contributed by atoms with Gasteiger partial charge >= 0.3 is 0 Å². The minimum Gasteiger partial charge on any atom is -0.369 e. The third kappa shape index (κ3) is 6.18. The van der Waals surface area contributed by atoms with E-state index in [-0.39, 0.29) is 6.10 Å². The highest BCUT2D eigenvalue weighted by Gasteiger charge is 2.17. The molecule has 0 aliphatic rings. The Hall–Kier alpha value is -3.23. The van der Waals surface area contributed by atoms with Crippen LogP contribution in [0.3, 0.4) is 0 Å². The fraction of sp³-hybridized carbons (Fsp3) is 0.226. The van der Waals surface area contributed by atoms with Gasteiger partial charge in [0.2, 0.25) is 0 Å². The Bertz CT molecular complexity index is 1090. The van der Waals surface area contributed by atoms with Gasteiger partial charge < -0.3 is 4.74 Å². The summed E-state index contributed by atoms with van der Waals surface area (Å²) in [6, 6.07) is 37.5. The van der Waals surface area contributed by atoms with E-state index in [1.807, 2.05) is 42.5 Å². The monoisotopic (exact) mass is 438 g/mol. The summed E-state index contributed by atoms with van der Waals surface area (Å²) in [5.74, 6) is 0.342. The second-order valence-corrected chi connectivity index (χ2v) is 8.55. The van der Waals surface area contributed by atoms with Crippen LogP contribution in [0.15, 0.2) is 109 Å². The number of benzene rings is 4. The van der Waals surface area contributed by atoms with Crippen LogP contribution < -0.4 is 0 Å². The van der Waals surface area contributed by atoms with Crippen molar-refractivity contribution in [2.24, 2.45) is 0 Å². The molecule has 0 bridgehead atoms. The Kier molecular flexibility index (Phi) is 8.05. The summed E-state index contributed by atoms with van der Waals surface area (Å²) >= 11 is 0. The molecule has 2 unspecified atom stereocenters. The molecule has 4 rings (SSSR count). The molecule has 0 aliphatic carbocycles. The first-order chi connectivity index (χ1) is 16.2. The average Bonchev–Trinajstić information content (AvgIpc) is 2.88. The molecule has 0 heterocycles. The van der Waals surface area contributed by atoms with Crippen LogP contribution in [0.4, 0.5) is 4.39 Å². The lowest BCUT2D eigenvalue weighted by atomic mass is 9.87. The lowest BCUT2D eigenvalue weighted by Crippen LogP contribution is -2.09. The Morgan fingerprint density at radius 3 is 1.76 bits per heavy atom. The zero-order valence-electron chi connectivity index (χ0n) is 19.2. The van der Waals surface area contributed by atoms with E-state index in [4.69, 9.17) is 4.74 Å². The van der Waals surface area contributed by atoms with Gasteiger partial charge in [-0.3, -0.25) is 0 Å². The third-order valence-electron chi connectivity index (χ3n) is 6.14. The average molecular weight is 439 g/mol. The molecule has 4 aromatic rings. The van der Waals surface area contributed by atoms with E-state index < -0.39 is 6.67 Å². The Labute approximate surface area is 196 Å². The van der Waals surface area contributed by atoms with Gasteiger partial charge in [0.1, 0.15) is 12.8 Å². The van der Waals surface area contributed by atoms with Crippen LogP contribution in [0.1, 0.15) is 58.2 Å². The maximum Gasteiger partial charge on any atom is 0.115 e. The van der Waals surface area contributed by atoms with E-state index in [2.05, 4.69) is 73.7 Å². The molecule has 168 valence electrons. The summed E-state index contributed by atoms with van der Waals surface area (Å²) in [5.41, 5.74) is 6.81. The van der Waals surface area contributed by atoms with Crippen molar-refractivity contribution in [3.63, 3.8) is 0 Å². The van der Waals surface area contributed by atoms with Crippen molar-refractivity contribution in [1.82, 2.24) is 0 Å². The first-order valence-electron chi connectivity index (χ1n) is 11.7. The van der Waals surface area contributed by atoms with Gasteiger partial charge in [-0.15, -0.1) is 0 Å². The summed E-state index contributed by atoms with van der Waals surface area (Å²) in [6.45, 7) is 2.33. The van der Waals surface area contributed by atoms with Gasteiger partial charge in [0.05, 0.1) is 0 Å². The van der Waals surface area contributed by atoms with Crippen molar-refractivity contribution in [2.75, 3.05) is 6.61 Å².